The van der Waals surface area contributed by atoms with Crippen molar-refractivity contribution in [2.75, 3.05) is 6.54 Å². The fourth-order valence-corrected chi connectivity index (χ4v) is 0.907. The van der Waals surface area contributed by atoms with E-state index in [0.717, 1.165) is 6.54 Å². The first-order valence-corrected chi connectivity index (χ1v) is 4.80. The normalized spacial score (nSPS) is 10.7. The van der Waals surface area contributed by atoms with E-state index in [1.807, 2.05) is 0 Å². The van der Waals surface area contributed by atoms with Gasteiger partial charge in [-0.25, -0.2) is 0 Å². The van der Waals surface area contributed by atoms with Gasteiger partial charge in [0.15, 0.2) is 0 Å². The minimum absolute atomic E-state index is 1.10. The molecule has 0 heterocycles. The summed E-state index contributed by atoms with van der Waals surface area (Å²) >= 11 is 0. The van der Waals surface area contributed by atoms with Crippen LogP contribution in [0.3, 0.4) is 0 Å². The molecule has 0 rings (SSSR count). The molecule has 0 atom stereocenters. The summed E-state index contributed by atoms with van der Waals surface area (Å²) in [6.07, 6.45) is 10.8. The van der Waals surface area contributed by atoms with Gasteiger partial charge in [0.2, 0.25) is 0 Å². The highest BCUT2D eigenvalue weighted by molar-refractivity contribution is 4.78. The Morgan fingerprint density at radius 3 is 2.55 bits per heavy atom. The molecule has 11 heavy (non-hydrogen) atoms. The molecule has 0 fully saturated rings. The van der Waals surface area contributed by atoms with Crippen LogP contribution in [0.4, 0.5) is 0 Å². The van der Waals surface area contributed by atoms with Crippen molar-refractivity contribution in [2.45, 2.75) is 46.0 Å². The van der Waals surface area contributed by atoms with Gasteiger partial charge in [-0.1, -0.05) is 32.8 Å². The molecule has 0 aliphatic rings. The molecular weight excluding hydrogens is 134 g/mol. The minimum Gasteiger partial charge on any atom is -0.391 e. The molecule has 0 aliphatic carbocycles. The summed E-state index contributed by atoms with van der Waals surface area (Å²) in [5.74, 6) is 0. The molecule has 0 amide bonds. The fourth-order valence-electron chi connectivity index (χ4n) is 0.907. The number of hydrogen-bond donors (Lipinski definition) is 1. The highest BCUT2D eigenvalue weighted by atomic mass is 14.8. The molecule has 1 nitrogen and oxygen atoms in total. The van der Waals surface area contributed by atoms with E-state index in [2.05, 4.69) is 31.4 Å². The van der Waals surface area contributed by atoms with E-state index in [9.17, 15) is 0 Å². The summed E-state index contributed by atoms with van der Waals surface area (Å²) in [6, 6.07) is 0. The lowest BCUT2D eigenvalue weighted by molar-refractivity contribution is 0.724. The quantitative estimate of drug-likeness (QED) is 0.557. The van der Waals surface area contributed by atoms with Gasteiger partial charge in [-0.05, 0) is 25.5 Å². The Morgan fingerprint density at radius 1 is 1.09 bits per heavy atom. The van der Waals surface area contributed by atoms with E-state index in [4.69, 9.17) is 0 Å². The standard InChI is InChI=1S/C10H21N/c1-3-5-6-7-8-10-11-9-4-2/h8,10-11H,3-7,9H2,1-2H3/b10-8+. The second kappa shape index (κ2) is 9.54. The molecule has 0 aromatic rings. The number of hydrogen-bond acceptors (Lipinski definition) is 1. The molecule has 0 spiro atoms. The summed E-state index contributed by atoms with van der Waals surface area (Å²) in [5, 5.41) is 3.23. The zero-order valence-corrected chi connectivity index (χ0v) is 7.90. The van der Waals surface area contributed by atoms with Crippen LogP contribution in [0, 0.1) is 0 Å². The average molecular weight is 155 g/mol. The highest BCUT2D eigenvalue weighted by Crippen LogP contribution is 1.98. The van der Waals surface area contributed by atoms with Crippen molar-refractivity contribution in [3.63, 3.8) is 0 Å². The Hall–Kier alpha value is -0.460. The molecule has 0 radical (unpaired) electrons. The number of unbranched alkanes of at least 4 members (excludes halogenated alkanes) is 3. The van der Waals surface area contributed by atoms with Crippen molar-refractivity contribution in [3.8, 4) is 0 Å². The van der Waals surface area contributed by atoms with Crippen LogP contribution in [0.2, 0.25) is 0 Å². The summed E-state index contributed by atoms with van der Waals surface area (Å²) in [6.45, 7) is 5.52. The largest absolute Gasteiger partial charge is 0.391 e. The Bertz CT molecular complexity index is 86.9. The predicted molar refractivity (Wildman–Crippen MR) is 51.6 cm³/mol. The lowest BCUT2D eigenvalue weighted by atomic mass is 10.2. The molecule has 66 valence electrons. The van der Waals surface area contributed by atoms with Crippen molar-refractivity contribution in [1.82, 2.24) is 5.32 Å². The van der Waals surface area contributed by atoms with Crippen LogP contribution in [-0.4, -0.2) is 6.54 Å². The lowest BCUT2D eigenvalue weighted by Gasteiger charge is -1.95. The van der Waals surface area contributed by atoms with E-state index in [1.165, 1.54) is 32.1 Å². The van der Waals surface area contributed by atoms with Gasteiger partial charge in [-0.3, -0.25) is 0 Å². The molecule has 0 bridgehead atoms. The second-order valence-corrected chi connectivity index (χ2v) is 2.85. The molecule has 0 aromatic carbocycles. The van der Waals surface area contributed by atoms with Crippen molar-refractivity contribution in [2.24, 2.45) is 0 Å². The van der Waals surface area contributed by atoms with Crippen LogP contribution in [0.25, 0.3) is 0 Å². The van der Waals surface area contributed by atoms with Crippen molar-refractivity contribution >= 4 is 0 Å². The zero-order valence-electron chi connectivity index (χ0n) is 7.90. The first-order chi connectivity index (χ1) is 5.41. The Balaban J connectivity index is 2.91. The van der Waals surface area contributed by atoms with Gasteiger partial charge < -0.3 is 5.32 Å². The monoisotopic (exact) mass is 155 g/mol. The van der Waals surface area contributed by atoms with Crippen molar-refractivity contribution in [1.29, 1.82) is 0 Å². The summed E-state index contributed by atoms with van der Waals surface area (Å²) in [5.41, 5.74) is 0. The third-order valence-electron chi connectivity index (χ3n) is 1.60. The molecule has 1 heteroatoms. The van der Waals surface area contributed by atoms with E-state index < -0.39 is 0 Å². The van der Waals surface area contributed by atoms with E-state index in [-0.39, 0.29) is 0 Å². The zero-order chi connectivity index (χ0) is 8.36. The Morgan fingerprint density at radius 2 is 1.91 bits per heavy atom. The molecule has 0 unspecified atom stereocenters. The molecule has 0 aromatic heterocycles. The summed E-state index contributed by atoms with van der Waals surface area (Å²) in [7, 11) is 0. The third kappa shape index (κ3) is 9.54. The van der Waals surface area contributed by atoms with E-state index in [1.54, 1.807) is 0 Å². The molecule has 0 saturated heterocycles. The maximum Gasteiger partial charge on any atom is 0.0138 e. The lowest BCUT2D eigenvalue weighted by Crippen LogP contribution is -2.04. The van der Waals surface area contributed by atoms with Gasteiger partial charge in [0.05, 0.1) is 0 Å². The minimum atomic E-state index is 1.10. The van der Waals surface area contributed by atoms with E-state index in [0.29, 0.717) is 0 Å². The first kappa shape index (κ1) is 10.5. The molecular formula is C10H21N. The second-order valence-electron chi connectivity index (χ2n) is 2.85. The average Bonchev–Trinajstić information content (AvgIpc) is 2.03. The van der Waals surface area contributed by atoms with E-state index >= 15 is 0 Å². The van der Waals surface area contributed by atoms with Crippen LogP contribution in [0.1, 0.15) is 46.0 Å². The van der Waals surface area contributed by atoms with Crippen LogP contribution in [-0.2, 0) is 0 Å². The maximum absolute atomic E-state index is 3.23. The van der Waals surface area contributed by atoms with Crippen LogP contribution >= 0.6 is 0 Å². The van der Waals surface area contributed by atoms with Gasteiger partial charge in [0.25, 0.3) is 0 Å². The van der Waals surface area contributed by atoms with Crippen molar-refractivity contribution < 1.29 is 0 Å². The van der Waals surface area contributed by atoms with Crippen molar-refractivity contribution in [3.05, 3.63) is 12.3 Å². The Labute approximate surface area is 70.9 Å². The molecule has 0 aliphatic heterocycles. The van der Waals surface area contributed by atoms with Crippen LogP contribution in [0.5, 0.6) is 0 Å². The smallest absolute Gasteiger partial charge is 0.0138 e. The molecule has 1 N–H and O–H groups in total. The summed E-state index contributed by atoms with van der Waals surface area (Å²) in [4.78, 5) is 0. The number of rotatable bonds is 7. The predicted octanol–water partition coefficient (Wildman–Crippen LogP) is 3.08. The first-order valence-electron chi connectivity index (χ1n) is 4.80. The van der Waals surface area contributed by atoms with Gasteiger partial charge in [0, 0.05) is 6.54 Å². The highest BCUT2D eigenvalue weighted by Gasteiger charge is 1.80. The third-order valence-corrected chi connectivity index (χ3v) is 1.60. The van der Waals surface area contributed by atoms with Gasteiger partial charge in [-0.2, -0.15) is 0 Å². The van der Waals surface area contributed by atoms with Gasteiger partial charge in [-0.15, -0.1) is 0 Å². The Kier molecular flexibility index (Phi) is 9.14. The fraction of sp³-hybridized carbons (Fsp3) is 0.800. The van der Waals surface area contributed by atoms with Crippen LogP contribution in [0.15, 0.2) is 12.3 Å². The SMILES string of the molecule is CCCCC/C=C/NCCC. The van der Waals surface area contributed by atoms with Gasteiger partial charge >= 0.3 is 0 Å². The summed E-state index contributed by atoms with van der Waals surface area (Å²) < 4.78 is 0. The number of allylic oxidation sites excluding steroid dienone is 1. The molecule has 0 saturated carbocycles. The topological polar surface area (TPSA) is 12.0 Å². The number of nitrogens with one attached hydrogen (secondary N) is 1. The van der Waals surface area contributed by atoms with Crippen LogP contribution < -0.4 is 5.32 Å². The van der Waals surface area contributed by atoms with Gasteiger partial charge in [0.1, 0.15) is 0 Å². The maximum atomic E-state index is 3.23.